The van der Waals surface area contributed by atoms with E-state index in [4.69, 9.17) is 16.7 Å². The molecule has 0 aliphatic heterocycles. The highest BCUT2D eigenvalue weighted by molar-refractivity contribution is 7.90. The molecule has 4 N–H and O–H groups in total. The molecule has 9 heteroatoms. The molecule has 0 spiro atoms. The Morgan fingerprint density at radius 1 is 1.19 bits per heavy atom. The number of hydrogen-bond acceptors (Lipinski definition) is 4. The molecule has 0 saturated heterocycles. The van der Waals surface area contributed by atoms with E-state index in [1.165, 1.54) is 24.4 Å². The third-order valence-electron chi connectivity index (χ3n) is 2.38. The second-order valence-corrected chi connectivity index (χ2v) is 5.68. The molecule has 21 heavy (non-hydrogen) atoms. The average Bonchev–Trinajstić information content (AvgIpc) is 2.37. The van der Waals surface area contributed by atoms with Crippen molar-refractivity contribution < 1.29 is 13.2 Å². The van der Waals surface area contributed by atoms with Gasteiger partial charge in [-0.15, -0.1) is 0 Å². The molecule has 110 valence electrons. The van der Waals surface area contributed by atoms with Crippen molar-refractivity contribution in [1.82, 2.24) is 4.98 Å². The first-order valence-electron chi connectivity index (χ1n) is 5.67. The molecule has 2 aromatic rings. The molecule has 0 saturated carbocycles. The van der Waals surface area contributed by atoms with Crippen LogP contribution in [0.1, 0.15) is 10.4 Å². The summed E-state index contributed by atoms with van der Waals surface area (Å²) in [7, 11) is -3.88. The van der Waals surface area contributed by atoms with Gasteiger partial charge >= 0.3 is 0 Å². The summed E-state index contributed by atoms with van der Waals surface area (Å²) in [6.07, 6.45) is 1.47. The Kier molecular flexibility index (Phi) is 4.41. The number of nitrogens with zero attached hydrogens (tertiary/aromatic N) is 1. The van der Waals surface area contributed by atoms with Gasteiger partial charge < -0.3 is 5.32 Å². The first-order chi connectivity index (χ1) is 9.85. The molecule has 0 unspecified atom stereocenters. The minimum atomic E-state index is -3.88. The maximum absolute atomic E-state index is 12.0. The van der Waals surface area contributed by atoms with Crippen molar-refractivity contribution in [2.45, 2.75) is 0 Å². The van der Waals surface area contributed by atoms with Gasteiger partial charge in [-0.1, -0.05) is 17.7 Å². The van der Waals surface area contributed by atoms with Crippen molar-refractivity contribution >= 4 is 39.1 Å². The number of halogens is 1. The van der Waals surface area contributed by atoms with E-state index in [9.17, 15) is 13.2 Å². The highest BCUT2D eigenvalue weighted by Gasteiger charge is 2.11. The van der Waals surface area contributed by atoms with E-state index in [0.29, 0.717) is 5.69 Å². The van der Waals surface area contributed by atoms with Crippen LogP contribution in [0.4, 0.5) is 11.4 Å². The van der Waals surface area contributed by atoms with Gasteiger partial charge in [0.25, 0.3) is 16.1 Å². The predicted molar refractivity (Wildman–Crippen MR) is 80.4 cm³/mol. The SMILES string of the molecule is NS(=O)(=O)Nc1cccc(NC(=O)c2cccnc2Cl)c1. The lowest BCUT2D eigenvalue weighted by Crippen LogP contribution is -2.21. The van der Waals surface area contributed by atoms with Gasteiger partial charge in [0, 0.05) is 11.9 Å². The molecule has 0 radical (unpaired) electrons. The lowest BCUT2D eigenvalue weighted by atomic mass is 10.2. The van der Waals surface area contributed by atoms with Gasteiger partial charge in [-0.05, 0) is 30.3 Å². The number of nitrogens with one attached hydrogen (secondary N) is 2. The van der Waals surface area contributed by atoms with Crippen molar-refractivity contribution in [2.75, 3.05) is 10.0 Å². The highest BCUT2D eigenvalue weighted by Crippen LogP contribution is 2.18. The molecule has 1 amide bonds. The molecule has 2 rings (SSSR count). The van der Waals surface area contributed by atoms with Crippen molar-refractivity contribution in [3.63, 3.8) is 0 Å². The molecule has 0 bridgehead atoms. The molecule has 1 aromatic heterocycles. The average molecular weight is 327 g/mol. The van der Waals surface area contributed by atoms with Gasteiger partial charge in [-0.25, -0.2) is 10.1 Å². The van der Waals surface area contributed by atoms with Crippen molar-refractivity contribution in [3.8, 4) is 0 Å². The van der Waals surface area contributed by atoms with Crippen LogP contribution in [-0.2, 0) is 10.2 Å². The third-order valence-corrected chi connectivity index (χ3v) is 3.21. The predicted octanol–water partition coefficient (Wildman–Crippen LogP) is 1.60. The summed E-state index contributed by atoms with van der Waals surface area (Å²) >= 11 is 5.82. The monoisotopic (exact) mass is 326 g/mol. The molecule has 1 aromatic carbocycles. The minimum absolute atomic E-state index is 0.0776. The van der Waals surface area contributed by atoms with Crippen molar-refractivity contribution in [3.05, 3.63) is 53.3 Å². The normalized spacial score (nSPS) is 11.0. The Morgan fingerprint density at radius 2 is 1.90 bits per heavy atom. The number of hydrogen-bond donors (Lipinski definition) is 3. The van der Waals surface area contributed by atoms with Gasteiger partial charge in [0.05, 0.1) is 11.3 Å². The van der Waals surface area contributed by atoms with Crippen LogP contribution in [-0.4, -0.2) is 19.3 Å². The van der Waals surface area contributed by atoms with E-state index >= 15 is 0 Å². The number of rotatable bonds is 4. The van der Waals surface area contributed by atoms with Gasteiger partial charge in [-0.3, -0.25) is 9.52 Å². The number of anilines is 2. The van der Waals surface area contributed by atoms with E-state index in [-0.39, 0.29) is 16.4 Å². The third kappa shape index (κ3) is 4.42. The Hall–Kier alpha value is -2.16. The number of pyridine rings is 1. The molecular formula is C12H11ClN4O3S. The number of carbonyl (C=O) groups excluding carboxylic acids is 1. The summed E-state index contributed by atoms with van der Waals surface area (Å²) in [6.45, 7) is 0. The Bertz CT molecular complexity index is 780. The van der Waals surface area contributed by atoms with Crippen LogP contribution in [0, 0.1) is 0 Å². The molecule has 1 heterocycles. The van der Waals surface area contributed by atoms with Crippen LogP contribution in [0.25, 0.3) is 0 Å². The lowest BCUT2D eigenvalue weighted by molar-refractivity contribution is 0.102. The summed E-state index contributed by atoms with van der Waals surface area (Å²) in [5.74, 6) is -0.458. The van der Waals surface area contributed by atoms with E-state index in [2.05, 4.69) is 15.0 Å². The summed E-state index contributed by atoms with van der Waals surface area (Å²) in [6, 6.07) is 9.19. The first-order valence-corrected chi connectivity index (χ1v) is 7.60. The number of amides is 1. The highest BCUT2D eigenvalue weighted by atomic mass is 35.5. The van der Waals surface area contributed by atoms with E-state index in [1.807, 2.05) is 0 Å². The van der Waals surface area contributed by atoms with Gasteiger partial charge in [-0.2, -0.15) is 8.42 Å². The van der Waals surface area contributed by atoms with Crippen LogP contribution in [0.2, 0.25) is 5.15 Å². The zero-order chi connectivity index (χ0) is 15.5. The first kappa shape index (κ1) is 15.2. The zero-order valence-electron chi connectivity index (χ0n) is 10.6. The van der Waals surface area contributed by atoms with Crippen LogP contribution < -0.4 is 15.2 Å². The van der Waals surface area contributed by atoms with Crippen molar-refractivity contribution in [1.29, 1.82) is 0 Å². The van der Waals surface area contributed by atoms with Crippen molar-refractivity contribution in [2.24, 2.45) is 5.14 Å². The second kappa shape index (κ2) is 6.08. The molecule has 0 aliphatic rings. The quantitative estimate of drug-likeness (QED) is 0.740. The standard InChI is InChI=1S/C12H11ClN4O3S/c13-11-10(5-2-6-15-11)12(18)16-8-3-1-4-9(7-8)17-21(14,19)20/h1-7,17H,(H,16,18)(H2,14,19,20). The van der Waals surface area contributed by atoms with Crippen LogP contribution in [0.3, 0.4) is 0 Å². The zero-order valence-corrected chi connectivity index (χ0v) is 12.1. The topological polar surface area (TPSA) is 114 Å². The molecule has 7 nitrogen and oxygen atoms in total. The largest absolute Gasteiger partial charge is 0.322 e. The maximum atomic E-state index is 12.0. The van der Waals surface area contributed by atoms with Crippen LogP contribution >= 0.6 is 11.6 Å². The summed E-state index contributed by atoms with van der Waals surface area (Å²) < 4.78 is 24.0. The lowest BCUT2D eigenvalue weighted by Gasteiger charge is -2.08. The Labute approximate surface area is 126 Å². The van der Waals surface area contributed by atoms with E-state index in [1.54, 1.807) is 18.2 Å². The smallest absolute Gasteiger partial charge is 0.296 e. The fourth-order valence-corrected chi connectivity index (χ4v) is 2.24. The fourth-order valence-electron chi connectivity index (χ4n) is 1.58. The van der Waals surface area contributed by atoms with Gasteiger partial charge in [0.2, 0.25) is 0 Å². The number of aromatic nitrogens is 1. The summed E-state index contributed by atoms with van der Waals surface area (Å²) in [5, 5.41) is 7.54. The fraction of sp³-hybridized carbons (Fsp3) is 0. The second-order valence-electron chi connectivity index (χ2n) is 4.02. The Morgan fingerprint density at radius 3 is 2.57 bits per heavy atom. The van der Waals surface area contributed by atoms with Gasteiger partial charge in [0.15, 0.2) is 0 Å². The van der Waals surface area contributed by atoms with E-state index in [0.717, 1.165) is 0 Å². The number of nitrogens with two attached hydrogens (primary N) is 1. The molecular weight excluding hydrogens is 316 g/mol. The Balaban J connectivity index is 2.19. The maximum Gasteiger partial charge on any atom is 0.296 e. The summed E-state index contributed by atoms with van der Waals surface area (Å²) in [5.41, 5.74) is 0.824. The van der Waals surface area contributed by atoms with Crippen LogP contribution in [0.5, 0.6) is 0 Å². The summed E-state index contributed by atoms with van der Waals surface area (Å²) in [4.78, 5) is 15.8. The molecule has 0 aliphatic carbocycles. The molecule has 0 fully saturated rings. The van der Waals surface area contributed by atoms with Crippen LogP contribution in [0.15, 0.2) is 42.6 Å². The van der Waals surface area contributed by atoms with Gasteiger partial charge in [0.1, 0.15) is 5.15 Å². The molecule has 0 atom stereocenters. The number of carbonyl (C=O) groups is 1. The van der Waals surface area contributed by atoms with E-state index < -0.39 is 16.1 Å². The number of benzene rings is 1. The minimum Gasteiger partial charge on any atom is -0.322 e.